The fraction of sp³-hybridized carbons (Fsp3) is 0.0833. The molecule has 1 aromatic carbocycles. The molecule has 1 N–H and O–H groups in total. The van der Waals surface area contributed by atoms with Crippen LogP contribution in [0.4, 0.5) is 0 Å². The van der Waals surface area contributed by atoms with E-state index in [0.29, 0.717) is 22.3 Å². The number of thiophene rings is 1. The first-order valence-electron chi connectivity index (χ1n) is 5.05. The monoisotopic (exact) mass is 282 g/mol. The van der Waals surface area contributed by atoms with Gasteiger partial charge in [0.05, 0.1) is 4.88 Å². The van der Waals surface area contributed by atoms with Gasteiger partial charge in [-0.3, -0.25) is 9.35 Å². The van der Waals surface area contributed by atoms with Gasteiger partial charge in [0.2, 0.25) is 0 Å². The Morgan fingerprint density at radius 1 is 1.22 bits per heavy atom. The largest absolute Gasteiger partial charge is 0.298 e. The van der Waals surface area contributed by atoms with Gasteiger partial charge in [0, 0.05) is 10.4 Å². The summed E-state index contributed by atoms with van der Waals surface area (Å²) in [7, 11) is -4.24. The number of carbonyl (C=O) groups is 1. The molecule has 0 radical (unpaired) electrons. The van der Waals surface area contributed by atoms with E-state index in [1.807, 2.05) is 0 Å². The first-order valence-corrected chi connectivity index (χ1v) is 7.31. The van der Waals surface area contributed by atoms with Crippen LogP contribution in [0.3, 0.4) is 0 Å². The summed E-state index contributed by atoms with van der Waals surface area (Å²) in [6.07, 6.45) is 0.715. The summed E-state index contributed by atoms with van der Waals surface area (Å²) in [5.41, 5.74) is 1.17. The first kappa shape index (κ1) is 12.9. The predicted octanol–water partition coefficient (Wildman–Crippen LogP) is 2.78. The van der Waals surface area contributed by atoms with E-state index in [2.05, 4.69) is 0 Å². The van der Waals surface area contributed by atoms with Gasteiger partial charge in [0.1, 0.15) is 11.2 Å². The minimum Gasteiger partial charge on any atom is -0.298 e. The van der Waals surface area contributed by atoms with Crippen molar-refractivity contribution in [2.75, 3.05) is 0 Å². The van der Waals surface area contributed by atoms with E-state index in [-0.39, 0.29) is 4.90 Å². The Morgan fingerprint density at radius 2 is 1.83 bits per heavy atom. The third-order valence-electron chi connectivity index (χ3n) is 2.41. The van der Waals surface area contributed by atoms with Crippen molar-refractivity contribution in [2.45, 2.75) is 11.8 Å². The van der Waals surface area contributed by atoms with E-state index >= 15 is 0 Å². The Morgan fingerprint density at radius 3 is 2.33 bits per heavy atom. The van der Waals surface area contributed by atoms with Crippen molar-refractivity contribution >= 4 is 27.7 Å². The molecule has 0 aliphatic heterocycles. The predicted molar refractivity (Wildman–Crippen MR) is 69.7 cm³/mol. The number of aryl methyl sites for hydroxylation is 1. The maximum Gasteiger partial charge on any atom is 0.295 e. The number of rotatable bonds is 3. The van der Waals surface area contributed by atoms with Gasteiger partial charge in [-0.2, -0.15) is 8.42 Å². The number of benzene rings is 1. The molecule has 6 heteroatoms. The minimum absolute atomic E-state index is 0.0937. The topological polar surface area (TPSA) is 71.4 Å². The van der Waals surface area contributed by atoms with E-state index in [1.54, 1.807) is 31.2 Å². The second-order valence-electron chi connectivity index (χ2n) is 3.77. The molecule has 0 aliphatic carbocycles. The van der Waals surface area contributed by atoms with Gasteiger partial charge in [-0.25, -0.2) is 0 Å². The molecule has 2 aromatic rings. The van der Waals surface area contributed by atoms with Gasteiger partial charge in [0.25, 0.3) is 10.1 Å². The van der Waals surface area contributed by atoms with Crippen LogP contribution in [0.1, 0.15) is 15.2 Å². The third-order valence-corrected chi connectivity index (χ3v) is 4.51. The lowest BCUT2D eigenvalue weighted by Crippen LogP contribution is -1.97. The molecule has 1 heterocycles. The summed E-state index contributed by atoms with van der Waals surface area (Å²) in [4.78, 5) is 11.7. The smallest absolute Gasteiger partial charge is 0.295 e. The molecule has 0 fully saturated rings. The number of aldehydes is 1. The highest BCUT2D eigenvalue weighted by Gasteiger charge is 2.19. The molecule has 0 spiro atoms. The highest BCUT2D eigenvalue weighted by Crippen LogP contribution is 2.35. The maximum atomic E-state index is 11.3. The maximum absolute atomic E-state index is 11.3. The number of hydrogen-bond donors (Lipinski definition) is 1. The van der Waals surface area contributed by atoms with Crippen LogP contribution in [-0.4, -0.2) is 19.3 Å². The van der Waals surface area contributed by atoms with E-state index in [1.165, 1.54) is 17.4 Å². The Hall–Kier alpha value is -1.50. The second kappa shape index (κ2) is 4.64. The van der Waals surface area contributed by atoms with Gasteiger partial charge >= 0.3 is 0 Å². The van der Waals surface area contributed by atoms with Crippen LogP contribution in [0.25, 0.3) is 10.4 Å². The molecule has 0 unspecified atom stereocenters. The van der Waals surface area contributed by atoms with Gasteiger partial charge in [0.15, 0.2) is 0 Å². The lowest BCUT2D eigenvalue weighted by atomic mass is 10.1. The summed E-state index contributed by atoms with van der Waals surface area (Å²) < 4.78 is 31.7. The molecule has 0 saturated heterocycles. The highest BCUT2D eigenvalue weighted by molar-refractivity contribution is 7.86. The Balaban J connectivity index is 2.60. The van der Waals surface area contributed by atoms with Gasteiger partial charge < -0.3 is 0 Å². The molecular formula is C12H10O4S2. The first-order chi connectivity index (χ1) is 8.41. The molecule has 0 atom stereocenters. The Labute approximate surface area is 109 Å². The molecule has 0 aliphatic rings. The molecule has 2 rings (SSSR count). The summed E-state index contributed by atoms with van der Waals surface area (Å²) >= 11 is 1.28. The standard InChI is InChI=1S/C12H10O4S2/c1-8-6-11(18(14,15)16)12(17-8)10-4-2-9(7-13)3-5-10/h2-7H,1H3,(H,14,15,16). The molecular weight excluding hydrogens is 272 g/mol. The van der Waals surface area contributed by atoms with Crippen molar-refractivity contribution in [2.24, 2.45) is 0 Å². The fourth-order valence-electron chi connectivity index (χ4n) is 1.60. The van der Waals surface area contributed by atoms with Crippen molar-refractivity contribution in [1.82, 2.24) is 0 Å². The molecule has 94 valence electrons. The van der Waals surface area contributed by atoms with Crippen LogP contribution in [0, 0.1) is 6.92 Å². The van der Waals surface area contributed by atoms with Crippen molar-refractivity contribution in [3.63, 3.8) is 0 Å². The molecule has 0 bridgehead atoms. The zero-order valence-electron chi connectivity index (χ0n) is 9.45. The molecule has 1 aromatic heterocycles. The lowest BCUT2D eigenvalue weighted by Gasteiger charge is -2.01. The van der Waals surface area contributed by atoms with Crippen LogP contribution in [-0.2, 0) is 10.1 Å². The SMILES string of the molecule is Cc1cc(S(=O)(=O)O)c(-c2ccc(C=O)cc2)s1. The summed E-state index contributed by atoms with van der Waals surface area (Å²) in [6.45, 7) is 1.77. The second-order valence-corrected chi connectivity index (χ2v) is 6.41. The van der Waals surface area contributed by atoms with Gasteiger partial charge in [-0.05, 0) is 18.6 Å². The Bertz CT molecular complexity index is 681. The normalized spacial score (nSPS) is 11.4. The van der Waals surface area contributed by atoms with Crippen molar-refractivity contribution in [3.8, 4) is 10.4 Å². The molecule has 0 saturated carbocycles. The van der Waals surface area contributed by atoms with E-state index in [9.17, 15) is 13.2 Å². The zero-order valence-corrected chi connectivity index (χ0v) is 11.1. The fourth-order valence-corrected chi connectivity index (χ4v) is 3.70. The average Bonchev–Trinajstić information content (AvgIpc) is 2.71. The van der Waals surface area contributed by atoms with Crippen LogP contribution in [0.5, 0.6) is 0 Å². The molecule has 4 nitrogen and oxygen atoms in total. The minimum atomic E-state index is -4.24. The van der Waals surface area contributed by atoms with E-state index < -0.39 is 10.1 Å². The van der Waals surface area contributed by atoms with Crippen LogP contribution >= 0.6 is 11.3 Å². The lowest BCUT2D eigenvalue weighted by molar-refractivity contribution is 0.112. The number of hydrogen-bond acceptors (Lipinski definition) is 4. The molecule has 0 amide bonds. The van der Waals surface area contributed by atoms with Gasteiger partial charge in [-0.15, -0.1) is 11.3 Å². The third kappa shape index (κ3) is 2.50. The van der Waals surface area contributed by atoms with Crippen molar-refractivity contribution in [3.05, 3.63) is 40.8 Å². The van der Waals surface area contributed by atoms with E-state index in [4.69, 9.17) is 4.55 Å². The average molecular weight is 282 g/mol. The molecule has 18 heavy (non-hydrogen) atoms. The van der Waals surface area contributed by atoms with Gasteiger partial charge in [-0.1, -0.05) is 24.3 Å². The quantitative estimate of drug-likeness (QED) is 0.694. The Kier molecular flexibility index (Phi) is 3.34. The van der Waals surface area contributed by atoms with Crippen molar-refractivity contribution < 1.29 is 17.8 Å². The van der Waals surface area contributed by atoms with Crippen molar-refractivity contribution in [1.29, 1.82) is 0 Å². The summed E-state index contributed by atoms with van der Waals surface area (Å²) in [5.74, 6) is 0. The van der Waals surface area contributed by atoms with Crippen LogP contribution < -0.4 is 0 Å². The zero-order chi connectivity index (χ0) is 13.3. The summed E-state index contributed by atoms with van der Waals surface area (Å²) in [6, 6.07) is 7.95. The highest BCUT2D eigenvalue weighted by atomic mass is 32.2. The number of carbonyl (C=O) groups excluding carboxylic acids is 1. The van der Waals surface area contributed by atoms with Crippen LogP contribution in [0.15, 0.2) is 35.2 Å². The van der Waals surface area contributed by atoms with Crippen LogP contribution in [0.2, 0.25) is 0 Å². The van der Waals surface area contributed by atoms with E-state index in [0.717, 1.165) is 4.88 Å². The summed E-state index contributed by atoms with van der Waals surface area (Å²) in [5, 5.41) is 0.